The molecule has 0 aliphatic carbocycles. The third-order valence-electron chi connectivity index (χ3n) is 1.85. The highest BCUT2D eigenvalue weighted by Gasteiger charge is 2.18. The summed E-state index contributed by atoms with van der Waals surface area (Å²) in [5.41, 5.74) is 5.35. The van der Waals surface area contributed by atoms with Gasteiger partial charge in [0, 0.05) is 26.1 Å². The van der Waals surface area contributed by atoms with Crippen LogP contribution in [0.25, 0.3) is 0 Å². The second kappa shape index (κ2) is 4.01. The molecule has 0 fully saturated rings. The fourth-order valence-corrected chi connectivity index (χ4v) is 1.98. The molecule has 1 radical (unpaired) electrons. The summed E-state index contributed by atoms with van der Waals surface area (Å²) in [6, 6.07) is 0. The van der Waals surface area contributed by atoms with Gasteiger partial charge in [-0.1, -0.05) is 0 Å². The van der Waals surface area contributed by atoms with Crippen molar-refractivity contribution < 1.29 is 13.2 Å². The Labute approximate surface area is 88.0 Å². The first kappa shape index (κ1) is 11.7. The average Bonchev–Trinajstić information content (AvgIpc) is 2.42. The van der Waals surface area contributed by atoms with Crippen molar-refractivity contribution in [1.29, 1.82) is 0 Å². The van der Waals surface area contributed by atoms with Gasteiger partial charge in [0.25, 0.3) is 0 Å². The highest BCUT2D eigenvalue weighted by molar-refractivity contribution is 7.90. The molecule has 0 unspecified atom stereocenters. The van der Waals surface area contributed by atoms with Gasteiger partial charge in [0.1, 0.15) is 4.90 Å². The van der Waals surface area contributed by atoms with E-state index >= 15 is 0 Å². The predicted octanol–water partition coefficient (Wildman–Crippen LogP) is -0.749. The number of hydrogen-bond donors (Lipinski definition) is 1. The highest BCUT2D eigenvalue weighted by Crippen LogP contribution is 2.17. The molecule has 15 heavy (non-hydrogen) atoms. The third-order valence-corrected chi connectivity index (χ3v) is 2.96. The zero-order valence-corrected chi connectivity index (χ0v) is 9.28. The summed E-state index contributed by atoms with van der Waals surface area (Å²) in [5.74, 6) is -0.518. The van der Waals surface area contributed by atoms with Crippen LogP contribution in [-0.4, -0.2) is 30.4 Å². The number of nitrogens with zero attached hydrogens (tertiary/aromatic N) is 2. The van der Waals surface area contributed by atoms with E-state index in [2.05, 4.69) is 5.10 Å². The lowest BCUT2D eigenvalue weighted by atomic mass is 10.2. The molecule has 0 atom stereocenters. The molecule has 0 spiro atoms. The lowest BCUT2D eigenvalue weighted by molar-refractivity contribution is -0.117. The van der Waals surface area contributed by atoms with Crippen LogP contribution in [0.3, 0.4) is 0 Å². The first-order valence-electron chi connectivity index (χ1n) is 4.16. The van der Waals surface area contributed by atoms with Gasteiger partial charge in [-0.05, 0) is 0 Å². The maximum absolute atomic E-state index is 11.3. The third kappa shape index (κ3) is 2.79. The summed E-state index contributed by atoms with van der Waals surface area (Å²) < 4.78 is 24.0. The molecule has 0 aliphatic heterocycles. The minimum atomic E-state index is -3.33. The van der Waals surface area contributed by atoms with Crippen LogP contribution in [0.2, 0.25) is 0 Å². The Morgan fingerprint density at radius 2 is 2.27 bits per heavy atom. The number of nitrogens with two attached hydrogens (primary N) is 1. The Morgan fingerprint density at radius 3 is 2.73 bits per heavy atom. The van der Waals surface area contributed by atoms with E-state index in [1.54, 1.807) is 7.05 Å². The van der Waals surface area contributed by atoms with E-state index in [-0.39, 0.29) is 11.3 Å². The number of aromatic nitrogens is 2. The molecule has 0 aromatic carbocycles. The van der Waals surface area contributed by atoms with E-state index in [9.17, 15) is 13.2 Å². The molecule has 0 aliphatic rings. The van der Waals surface area contributed by atoms with Crippen LogP contribution < -0.4 is 5.73 Å². The molecule has 0 saturated carbocycles. The zero-order chi connectivity index (χ0) is 11.6. The SMILES string of the molecule is Cn1ncc(S(C)(=O)=O)c1[CH]CC(N)=O. The van der Waals surface area contributed by atoms with Crippen LogP contribution in [-0.2, 0) is 21.7 Å². The van der Waals surface area contributed by atoms with Crippen molar-refractivity contribution in [3.05, 3.63) is 18.3 Å². The molecule has 83 valence electrons. The van der Waals surface area contributed by atoms with E-state index in [1.807, 2.05) is 0 Å². The van der Waals surface area contributed by atoms with Gasteiger partial charge in [0.15, 0.2) is 9.84 Å². The number of primary amides is 1. The van der Waals surface area contributed by atoms with Crippen molar-refractivity contribution in [3.63, 3.8) is 0 Å². The van der Waals surface area contributed by atoms with E-state index in [0.717, 1.165) is 6.26 Å². The van der Waals surface area contributed by atoms with Crippen LogP contribution in [0.1, 0.15) is 12.1 Å². The van der Waals surface area contributed by atoms with Crippen molar-refractivity contribution >= 4 is 15.7 Å². The average molecular weight is 230 g/mol. The minimum Gasteiger partial charge on any atom is -0.370 e. The summed E-state index contributed by atoms with van der Waals surface area (Å²) in [6.07, 6.45) is 3.78. The van der Waals surface area contributed by atoms with Crippen molar-refractivity contribution in [2.45, 2.75) is 11.3 Å². The van der Waals surface area contributed by atoms with Gasteiger partial charge >= 0.3 is 0 Å². The standard InChI is InChI=1S/C8H12N3O3S/c1-11-6(3-4-8(9)12)7(5-10-11)15(2,13)14/h3,5H,4H2,1-2H3,(H2,9,12). The summed E-state index contributed by atoms with van der Waals surface area (Å²) in [5, 5.41) is 3.82. The molecule has 0 saturated heterocycles. The number of rotatable bonds is 4. The van der Waals surface area contributed by atoms with Crippen molar-refractivity contribution in [1.82, 2.24) is 9.78 Å². The van der Waals surface area contributed by atoms with Gasteiger partial charge < -0.3 is 5.73 Å². The second-order valence-electron chi connectivity index (χ2n) is 3.16. The lowest BCUT2D eigenvalue weighted by Crippen LogP contribution is -2.12. The van der Waals surface area contributed by atoms with Crippen LogP contribution in [0.5, 0.6) is 0 Å². The van der Waals surface area contributed by atoms with Gasteiger partial charge in [0.05, 0.1) is 11.9 Å². The van der Waals surface area contributed by atoms with E-state index < -0.39 is 15.7 Å². The monoisotopic (exact) mass is 230 g/mol. The molecular weight excluding hydrogens is 218 g/mol. The molecule has 1 amide bonds. The highest BCUT2D eigenvalue weighted by atomic mass is 32.2. The van der Waals surface area contributed by atoms with E-state index in [1.165, 1.54) is 17.3 Å². The maximum atomic E-state index is 11.3. The number of amides is 1. The Hall–Kier alpha value is -1.37. The molecule has 1 aromatic rings. The Morgan fingerprint density at radius 1 is 1.67 bits per heavy atom. The van der Waals surface area contributed by atoms with E-state index in [4.69, 9.17) is 5.73 Å². The molecule has 2 N–H and O–H groups in total. The number of sulfone groups is 1. The first-order chi connectivity index (χ1) is 6.82. The van der Waals surface area contributed by atoms with E-state index in [0.29, 0.717) is 5.69 Å². The second-order valence-corrected chi connectivity index (χ2v) is 5.15. The molecule has 1 rings (SSSR count). The Kier molecular flexibility index (Phi) is 3.13. The number of carbonyl (C=O) groups excluding carboxylic acids is 1. The fourth-order valence-electron chi connectivity index (χ4n) is 1.14. The van der Waals surface area contributed by atoms with Gasteiger partial charge in [-0.25, -0.2) is 8.42 Å². The summed E-state index contributed by atoms with van der Waals surface area (Å²) in [4.78, 5) is 10.7. The molecule has 0 bridgehead atoms. The normalized spacial score (nSPS) is 11.6. The van der Waals surface area contributed by atoms with Crippen molar-refractivity contribution in [3.8, 4) is 0 Å². The Bertz CT molecular complexity index is 475. The Balaban J connectivity index is 3.05. The summed E-state index contributed by atoms with van der Waals surface area (Å²) in [7, 11) is -1.73. The minimum absolute atomic E-state index is 0.0119. The topological polar surface area (TPSA) is 95.1 Å². The summed E-state index contributed by atoms with van der Waals surface area (Å²) in [6.45, 7) is 0. The molecular formula is C8H12N3O3S. The lowest BCUT2D eigenvalue weighted by Gasteiger charge is -2.02. The number of aryl methyl sites for hydroxylation is 1. The van der Waals surface area contributed by atoms with Gasteiger partial charge in [-0.2, -0.15) is 5.10 Å². The van der Waals surface area contributed by atoms with Crippen LogP contribution >= 0.6 is 0 Å². The van der Waals surface area contributed by atoms with Gasteiger partial charge in [-0.3, -0.25) is 9.48 Å². The zero-order valence-electron chi connectivity index (χ0n) is 8.47. The summed E-state index contributed by atoms with van der Waals surface area (Å²) >= 11 is 0. The van der Waals surface area contributed by atoms with Crippen molar-refractivity contribution in [2.75, 3.05) is 6.26 Å². The fraction of sp³-hybridized carbons (Fsp3) is 0.375. The molecule has 7 heteroatoms. The maximum Gasteiger partial charge on any atom is 0.218 e. The molecule has 6 nitrogen and oxygen atoms in total. The largest absolute Gasteiger partial charge is 0.370 e. The quantitative estimate of drug-likeness (QED) is 0.736. The van der Waals surface area contributed by atoms with Gasteiger partial charge in [-0.15, -0.1) is 0 Å². The van der Waals surface area contributed by atoms with Crippen molar-refractivity contribution in [2.24, 2.45) is 12.8 Å². The molecule has 1 heterocycles. The van der Waals surface area contributed by atoms with Crippen LogP contribution in [0.4, 0.5) is 0 Å². The van der Waals surface area contributed by atoms with Gasteiger partial charge in [0.2, 0.25) is 5.91 Å². The number of carbonyl (C=O) groups is 1. The van der Waals surface area contributed by atoms with Crippen LogP contribution in [0, 0.1) is 6.42 Å². The molecule has 1 aromatic heterocycles. The first-order valence-corrected chi connectivity index (χ1v) is 6.05. The smallest absolute Gasteiger partial charge is 0.218 e. The predicted molar refractivity (Wildman–Crippen MR) is 53.5 cm³/mol. The number of hydrogen-bond acceptors (Lipinski definition) is 4. The van der Waals surface area contributed by atoms with Crippen LogP contribution in [0.15, 0.2) is 11.1 Å².